The van der Waals surface area contributed by atoms with E-state index in [2.05, 4.69) is 4.18 Å². The molecule has 41 heavy (non-hydrogen) atoms. The van der Waals surface area contributed by atoms with Crippen molar-refractivity contribution in [2.75, 3.05) is 27.8 Å². The van der Waals surface area contributed by atoms with Gasteiger partial charge >= 0.3 is 21.7 Å². The minimum atomic E-state index is -5.79. The summed E-state index contributed by atoms with van der Waals surface area (Å²) in [7, 11) is -5.56. The molecular weight excluding hydrogens is 595 g/mol. The Balaban J connectivity index is 1.82. The number of alkyl halides is 3. The number of carboxylic acid groups (broad SMARTS) is 1. The molecule has 0 saturated carbocycles. The third-order valence-electron chi connectivity index (χ3n) is 7.03. The maximum absolute atomic E-state index is 13.5. The quantitative estimate of drug-likeness (QED) is 0.289. The molecule has 0 spiro atoms. The zero-order chi connectivity index (χ0) is 30.8. The smallest absolute Gasteiger partial charge is 0.497 e. The Hall–Kier alpha value is -2.60. The second-order valence-electron chi connectivity index (χ2n) is 9.98. The maximum Gasteiger partial charge on any atom is 0.534 e. The predicted octanol–water partition coefficient (Wildman–Crippen LogP) is 3.13. The highest BCUT2D eigenvalue weighted by molar-refractivity contribution is 7.87. The normalized spacial score (nSPS) is 24.0. The summed E-state index contributed by atoms with van der Waals surface area (Å²) in [6.45, 7) is 1.42. The van der Waals surface area contributed by atoms with Gasteiger partial charge in [0.15, 0.2) is 0 Å². The molecule has 1 saturated heterocycles. The number of benzene rings is 1. The van der Waals surface area contributed by atoms with Gasteiger partial charge in [-0.1, -0.05) is 12.1 Å². The first-order chi connectivity index (χ1) is 19.0. The van der Waals surface area contributed by atoms with Crippen LogP contribution in [0.1, 0.15) is 38.2 Å². The molecule has 1 aliphatic heterocycles. The van der Waals surface area contributed by atoms with E-state index in [0.29, 0.717) is 11.3 Å². The molecule has 1 aromatic carbocycles. The molecule has 0 aromatic heterocycles. The maximum atomic E-state index is 13.5. The Morgan fingerprint density at radius 3 is 2.27 bits per heavy atom. The van der Waals surface area contributed by atoms with Crippen LogP contribution in [-0.2, 0) is 35.8 Å². The van der Waals surface area contributed by atoms with Crippen LogP contribution >= 0.6 is 0 Å². The Bertz CT molecular complexity index is 1320. The molecule has 4 atom stereocenters. The molecule has 1 heterocycles. The van der Waals surface area contributed by atoms with Crippen molar-refractivity contribution in [2.24, 2.45) is 0 Å². The molecule has 3 rings (SSSR count). The van der Waals surface area contributed by atoms with Gasteiger partial charge in [-0.3, -0.25) is 4.90 Å². The van der Waals surface area contributed by atoms with Crippen LogP contribution in [0.5, 0.6) is 5.75 Å². The summed E-state index contributed by atoms with van der Waals surface area (Å²) in [4.78, 5) is 13.4. The highest BCUT2D eigenvalue weighted by Gasteiger charge is 2.50. The average Bonchev–Trinajstić information content (AvgIpc) is 3.21. The van der Waals surface area contributed by atoms with Gasteiger partial charge in [-0.2, -0.15) is 38.6 Å². The molecule has 12 nitrogen and oxygen atoms in total. The standard InChI is InChI=1S/C24H34F3N3O9S2/c1-16-13-21(29(41(35,36)28(2)3)14-17-5-7-18(37-4)8-6-17)22(30(16)23(31)32)15-38-19-9-11-20(12-10-19)39-40(33,34)24(25,26)27/h5-8,11,16,19,21-22H,9-10,12-15H2,1-4H3,(H,31,32)/t16-,19-,21+,22+/m1/s1. The molecule has 0 bridgehead atoms. The summed E-state index contributed by atoms with van der Waals surface area (Å²) in [5, 5.41) is 9.96. The number of halogens is 3. The van der Waals surface area contributed by atoms with Crippen molar-refractivity contribution in [3.05, 3.63) is 41.7 Å². The zero-order valence-corrected chi connectivity index (χ0v) is 24.6. The first-order valence-electron chi connectivity index (χ1n) is 12.6. The summed E-state index contributed by atoms with van der Waals surface area (Å²) < 4.78 is 105. The van der Waals surface area contributed by atoms with Crippen molar-refractivity contribution >= 4 is 26.4 Å². The van der Waals surface area contributed by atoms with E-state index in [1.807, 2.05) is 0 Å². The monoisotopic (exact) mass is 629 g/mol. The minimum Gasteiger partial charge on any atom is -0.497 e. The molecule has 1 N–H and O–H groups in total. The average molecular weight is 630 g/mol. The van der Waals surface area contributed by atoms with E-state index in [4.69, 9.17) is 9.47 Å². The largest absolute Gasteiger partial charge is 0.534 e. The van der Waals surface area contributed by atoms with Crippen molar-refractivity contribution in [3.8, 4) is 5.75 Å². The Labute approximate surface area is 237 Å². The number of allylic oxidation sites excluding steroid dienone is 1. The summed E-state index contributed by atoms with van der Waals surface area (Å²) in [6, 6.07) is 4.55. The van der Waals surface area contributed by atoms with E-state index in [9.17, 15) is 39.9 Å². The number of amides is 1. The fraction of sp³-hybridized carbons (Fsp3) is 0.625. The molecule has 17 heteroatoms. The number of nitrogens with zero attached hydrogens (tertiary/aromatic N) is 3. The number of hydrogen-bond donors (Lipinski definition) is 1. The molecular formula is C24H34F3N3O9S2. The van der Waals surface area contributed by atoms with Gasteiger partial charge in [0.1, 0.15) is 11.5 Å². The van der Waals surface area contributed by atoms with Gasteiger partial charge in [0.2, 0.25) is 0 Å². The van der Waals surface area contributed by atoms with Gasteiger partial charge < -0.3 is 18.8 Å². The fourth-order valence-corrected chi connectivity index (χ4v) is 6.72. The zero-order valence-electron chi connectivity index (χ0n) is 22.9. The first kappa shape index (κ1) is 32.9. The molecule has 2 aliphatic rings. The summed E-state index contributed by atoms with van der Waals surface area (Å²) in [5.41, 5.74) is -4.91. The van der Waals surface area contributed by atoms with Crippen LogP contribution in [-0.4, -0.2) is 99.1 Å². The van der Waals surface area contributed by atoms with Crippen molar-refractivity contribution in [3.63, 3.8) is 0 Å². The topological polar surface area (TPSA) is 143 Å². The highest BCUT2D eigenvalue weighted by Crippen LogP contribution is 2.34. The summed E-state index contributed by atoms with van der Waals surface area (Å²) >= 11 is 0. The number of carbonyl (C=O) groups is 1. The second-order valence-corrected chi connectivity index (χ2v) is 13.6. The van der Waals surface area contributed by atoms with Crippen molar-refractivity contribution < 1.29 is 53.6 Å². The van der Waals surface area contributed by atoms with Gasteiger partial charge in [-0.05, 0) is 50.0 Å². The Morgan fingerprint density at radius 1 is 1.15 bits per heavy atom. The minimum absolute atomic E-state index is 0.0221. The van der Waals surface area contributed by atoms with Crippen LogP contribution in [0, 0.1) is 0 Å². The number of ether oxygens (including phenoxy) is 2. The van der Waals surface area contributed by atoms with E-state index in [1.54, 1.807) is 31.2 Å². The van der Waals surface area contributed by atoms with Gasteiger partial charge in [0, 0.05) is 33.1 Å². The SMILES string of the molecule is COc1ccc(CN([C@H]2C[C@@H](C)N(C(=O)O)[C@H]2CO[C@@H]2CC=C(OS(=O)(=O)C(F)(F)F)CC2)S(=O)(=O)N(C)C)cc1. The van der Waals surface area contributed by atoms with Crippen molar-refractivity contribution in [1.29, 1.82) is 0 Å². The fourth-order valence-electron chi connectivity index (χ4n) is 4.89. The first-order valence-corrected chi connectivity index (χ1v) is 15.4. The summed E-state index contributed by atoms with van der Waals surface area (Å²) in [5.74, 6) is 0.226. The second kappa shape index (κ2) is 12.7. The van der Waals surface area contributed by atoms with E-state index >= 15 is 0 Å². The van der Waals surface area contributed by atoms with Gasteiger partial charge in [-0.25, -0.2) is 4.79 Å². The molecule has 0 unspecified atom stereocenters. The van der Waals surface area contributed by atoms with Crippen molar-refractivity contribution in [2.45, 2.75) is 68.9 Å². The van der Waals surface area contributed by atoms with Gasteiger partial charge in [0.05, 0.1) is 31.9 Å². The van der Waals surface area contributed by atoms with Crippen LogP contribution in [0.15, 0.2) is 36.1 Å². The molecule has 1 amide bonds. The van der Waals surface area contributed by atoms with Gasteiger partial charge in [-0.15, -0.1) is 0 Å². The predicted molar refractivity (Wildman–Crippen MR) is 140 cm³/mol. The van der Waals surface area contributed by atoms with E-state index in [-0.39, 0.29) is 44.6 Å². The van der Waals surface area contributed by atoms with Crippen LogP contribution in [0.25, 0.3) is 0 Å². The lowest BCUT2D eigenvalue weighted by molar-refractivity contribution is -0.0527. The van der Waals surface area contributed by atoms with E-state index < -0.39 is 56.2 Å². The Morgan fingerprint density at radius 2 is 1.78 bits per heavy atom. The third kappa shape index (κ3) is 7.63. The molecule has 0 radical (unpaired) electrons. The lowest BCUT2D eigenvalue weighted by Gasteiger charge is -2.36. The molecule has 1 aromatic rings. The van der Waals surface area contributed by atoms with Crippen molar-refractivity contribution in [1.82, 2.24) is 13.5 Å². The number of rotatable bonds is 11. The molecule has 232 valence electrons. The van der Waals surface area contributed by atoms with Crippen LogP contribution < -0.4 is 4.74 Å². The van der Waals surface area contributed by atoms with E-state index in [1.165, 1.54) is 31.6 Å². The Kier molecular flexibility index (Phi) is 10.2. The molecule has 1 fully saturated rings. The van der Waals surface area contributed by atoms with Crippen LogP contribution in [0.4, 0.5) is 18.0 Å². The number of likely N-dealkylation sites (tertiary alicyclic amines) is 1. The lowest BCUT2D eigenvalue weighted by atomic mass is 10.0. The molecule has 1 aliphatic carbocycles. The van der Waals surface area contributed by atoms with Crippen LogP contribution in [0.3, 0.4) is 0 Å². The summed E-state index contributed by atoms with van der Waals surface area (Å²) in [6.07, 6.45) is -0.458. The number of methoxy groups -OCH3 is 1. The highest BCUT2D eigenvalue weighted by atomic mass is 32.2. The third-order valence-corrected chi connectivity index (χ3v) is 9.94. The van der Waals surface area contributed by atoms with Crippen LogP contribution in [0.2, 0.25) is 0 Å². The van der Waals surface area contributed by atoms with E-state index in [0.717, 1.165) is 9.21 Å². The number of hydrogen-bond acceptors (Lipinski definition) is 8. The lowest BCUT2D eigenvalue weighted by Crippen LogP contribution is -2.53. The van der Waals surface area contributed by atoms with Gasteiger partial charge in [0.25, 0.3) is 10.2 Å².